The molecule has 1 aromatic heterocycles. The number of nitrogens with one attached hydrogen (secondary N) is 2. The third kappa shape index (κ3) is 3.77. The standard InChI is InChI=1S/C14H19N3O2S/c1-3-17-10-6-7-12(17)11-15-13-8-4-5-9-14(13)16-20(2,18)19/h4-10,15-16H,3,11H2,1-2H3. The van der Waals surface area contributed by atoms with E-state index in [1.54, 1.807) is 12.1 Å². The van der Waals surface area contributed by atoms with Crippen molar-refractivity contribution < 1.29 is 8.42 Å². The van der Waals surface area contributed by atoms with E-state index in [0.717, 1.165) is 24.2 Å². The molecule has 1 heterocycles. The number of hydrogen-bond donors (Lipinski definition) is 2. The van der Waals surface area contributed by atoms with Gasteiger partial charge in [-0.05, 0) is 31.2 Å². The summed E-state index contributed by atoms with van der Waals surface area (Å²) in [5.74, 6) is 0. The van der Waals surface area contributed by atoms with Crippen LogP contribution in [-0.4, -0.2) is 19.2 Å². The van der Waals surface area contributed by atoms with Crippen molar-refractivity contribution >= 4 is 21.4 Å². The number of rotatable bonds is 6. The van der Waals surface area contributed by atoms with Crippen LogP contribution >= 0.6 is 0 Å². The Labute approximate surface area is 119 Å². The van der Waals surface area contributed by atoms with Crippen LogP contribution < -0.4 is 10.0 Å². The number of nitrogens with zero attached hydrogens (tertiary/aromatic N) is 1. The van der Waals surface area contributed by atoms with Gasteiger partial charge in [0.2, 0.25) is 10.0 Å². The molecule has 6 heteroatoms. The molecular formula is C14H19N3O2S. The molecule has 0 fully saturated rings. The van der Waals surface area contributed by atoms with Crippen molar-refractivity contribution in [3.63, 3.8) is 0 Å². The van der Waals surface area contributed by atoms with Gasteiger partial charge in [-0.25, -0.2) is 8.42 Å². The van der Waals surface area contributed by atoms with Crippen LogP contribution in [0.4, 0.5) is 11.4 Å². The maximum absolute atomic E-state index is 11.3. The molecule has 20 heavy (non-hydrogen) atoms. The van der Waals surface area contributed by atoms with Gasteiger partial charge in [0.1, 0.15) is 0 Å². The summed E-state index contributed by atoms with van der Waals surface area (Å²) in [7, 11) is -3.28. The van der Waals surface area contributed by atoms with Crippen LogP contribution in [-0.2, 0) is 23.1 Å². The second kappa shape index (κ2) is 6.00. The average molecular weight is 293 g/mol. The van der Waals surface area contributed by atoms with Crippen molar-refractivity contribution in [2.24, 2.45) is 0 Å². The lowest BCUT2D eigenvalue weighted by atomic mass is 10.2. The van der Waals surface area contributed by atoms with Crippen molar-refractivity contribution in [1.82, 2.24) is 4.57 Å². The van der Waals surface area contributed by atoms with E-state index in [9.17, 15) is 8.42 Å². The first-order valence-electron chi connectivity index (χ1n) is 6.44. The van der Waals surface area contributed by atoms with Gasteiger partial charge >= 0.3 is 0 Å². The molecule has 2 N–H and O–H groups in total. The Hall–Kier alpha value is -1.95. The third-order valence-electron chi connectivity index (χ3n) is 2.95. The van der Waals surface area contributed by atoms with Crippen LogP contribution in [0.25, 0.3) is 0 Å². The van der Waals surface area contributed by atoms with Gasteiger partial charge in [0.05, 0.1) is 24.2 Å². The van der Waals surface area contributed by atoms with Crippen molar-refractivity contribution in [3.8, 4) is 0 Å². The van der Waals surface area contributed by atoms with E-state index in [1.165, 1.54) is 0 Å². The Balaban J connectivity index is 2.14. The minimum Gasteiger partial charge on any atom is -0.378 e. The van der Waals surface area contributed by atoms with E-state index in [2.05, 4.69) is 21.5 Å². The predicted molar refractivity (Wildman–Crippen MR) is 82.3 cm³/mol. The highest BCUT2D eigenvalue weighted by Gasteiger charge is 2.07. The third-order valence-corrected chi connectivity index (χ3v) is 3.54. The number of aryl methyl sites for hydroxylation is 1. The molecule has 2 rings (SSSR count). The summed E-state index contributed by atoms with van der Waals surface area (Å²) < 4.78 is 27.3. The fourth-order valence-corrected chi connectivity index (χ4v) is 2.61. The molecule has 0 saturated carbocycles. The number of hydrogen-bond acceptors (Lipinski definition) is 3. The van der Waals surface area contributed by atoms with Gasteiger partial charge in [-0.15, -0.1) is 0 Å². The fourth-order valence-electron chi connectivity index (χ4n) is 2.03. The van der Waals surface area contributed by atoms with Gasteiger partial charge in [-0.3, -0.25) is 4.72 Å². The van der Waals surface area contributed by atoms with Gasteiger partial charge in [0.15, 0.2) is 0 Å². The molecule has 0 aliphatic carbocycles. The van der Waals surface area contributed by atoms with Gasteiger partial charge in [-0.2, -0.15) is 0 Å². The highest BCUT2D eigenvalue weighted by molar-refractivity contribution is 7.92. The van der Waals surface area contributed by atoms with Crippen molar-refractivity contribution in [3.05, 3.63) is 48.3 Å². The lowest BCUT2D eigenvalue weighted by Crippen LogP contribution is -2.12. The molecule has 0 saturated heterocycles. The molecule has 0 bridgehead atoms. The van der Waals surface area contributed by atoms with Crippen molar-refractivity contribution in [2.75, 3.05) is 16.3 Å². The molecule has 0 atom stereocenters. The summed E-state index contributed by atoms with van der Waals surface area (Å²) >= 11 is 0. The largest absolute Gasteiger partial charge is 0.378 e. The number of anilines is 2. The van der Waals surface area contributed by atoms with E-state index in [1.807, 2.05) is 30.5 Å². The molecule has 2 aromatic rings. The summed E-state index contributed by atoms with van der Waals surface area (Å²) in [6.45, 7) is 3.64. The first-order valence-corrected chi connectivity index (χ1v) is 8.33. The predicted octanol–water partition coefficient (Wildman–Crippen LogP) is 2.49. The molecule has 0 radical (unpaired) electrons. The maximum Gasteiger partial charge on any atom is 0.229 e. The number of para-hydroxylation sites is 2. The highest BCUT2D eigenvalue weighted by Crippen LogP contribution is 2.22. The van der Waals surface area contributed by atoms with Crippen LogP contribution in [0, 0.1) is 0 Å². The molecular weight excluding hydrogens is 274 g/mol. The molecule has 0 aliphatic rings. The van der Waals surface area contributed by atoms with Crippen LogP contribution in [0.15, 0.2) is 42.6 Å². The number of sulfonamides is 1. The van der Waals surface area contributed by atoms with Gasteiger partial charge in [0.25, 0.3) is 0 Å². The lowest BCUT2D eigenvalue weighted by molar-refractivity contribution is 0.607. The van der Waals surface area contributed by atoms with Crippen LogP contribution in [0.3, 0.4) is 0 Å². The highest BCUT2D eigenvalue weighted by atomic mass is 32.2. The summed E-state index contributed by atoms with van der Waals surface area (Å²) in [6.07, 6.45) is 3.17. The molecule has 0 aliphatic heterocycles. The van der Waals surface area contributed by atoms with Gasteiger partial charge in [0, 0.05) is 18.4 Å². The summed E-state index contributed by atoms with van der Waals surface area (Å²) in [4.78, 5) is 0. The van der Waals surface area contributed by atoms with E-state index in [4.69, 9.17) is 0 Å². The Morgan fingerprint density at radius 1 is 1.10 bits per heavy atom. The summed E-state index contributed by atoms with van der Waals surface area (Å²) in [5.41, 5.74) is 2.48. The Morgan fingerprint density at radius 2 is 1.80 bits per heavy atom. The van der Waals surface area contributed by atoms with Crippen LogP contribution in [0.5, 0.6) is 0 Å². The minimum atomic E-state index is -3.28. The van der Waals surface area contributed by atoms with Gasteiger partial charge in [-0.1, -0.05) is 12.1 Å². The SMILES string of the molecule is CCn1cccc1CNc1ccccc1NS(C)(=O)=O. The Morgan fingerprint density at radius 3 is 2.45 bits per heavy atom. The molecule has 5 nitrogen and oxygen atoms in total. The lowest BCUT2D eigenvalue weighted by Gasteiger charge is -2.13. The second-order valence-corrected chi connectivity index (χ2v) is 6.31. The first-order chi connectivity index (χ1) is 9.49. The second-order valence-electron chi connectivity index (χ2n) is 4.56. The normalized spacial score (nSPS) is 11.3. The first kappa shape index (κ1) is 14.5. The molecule has 0 spiro atoms. The Bertz CT molecular complexity index is 677. The number of benzene rings is 1. The molecule has 0 amide bonds. The van der Waals surface area contributed by atoms with E-state index >= 15 is 0 Å². The van der Waals surface area contributed by atoms with Crippen LogP contribution in [0.2, 0.25) is 0 Å². The minimum absolute atomic E-state index is 0.560. The van der Waals surface area contributed by atoms with Crippen molar-refractivity contribution in [2.45, 2.75) is 20.0 Å². The zero-order valence-corrected chi connectivity index (χ0v) is 12.4. The molecule has 0 unspecified atom stereocenters. The topological polar surface area (TPSA) is 63.1 Å². The fraction of sp³-hybridized carbons (Fsp3) is 0.286. The van der Waals surface area contributed by atoms with E-state index < -0.39 is 10.0 Å². The van der Waals surface area contributed by atoms with Crippen molar-refractivity contribution in [1.29, 1.82) is 0 Å². The molecule has 1 aromatic carbocycles. The zero-order valence-electron chi connectivity index (χ0n) is 11.6. The van der Waals surface area contributed by atoms with Gasteiger partial charge < -0.3 is 9.88 Å². The quantitative estimate of drug-likeness (QED) is 0.860. The van der Waals surface area contributed by atoms with Crippen LogP contribution in [0.1, 0.15) is 12.6 Å². The van der Waals surface area contributed by atoms with E-state index in [0.29, 0.717) is 12.2 Å². The number of aromatic nitrogens is 1. The Kier molecular flexibility index (Phi) is 4.34. The smallest absolute Gasteiger partial charge is 0.229 e. The summed E-state index contributed by atoms with van der Waals surface area (Å²) in [5, 5.41) is 3.27. The summed E-state index contributed by atoms with van der Waals surface area (Å²) in [6, 6.07) is 11.3. The zero-order chi connectivity index (χ0) is 14.6. The molecule has 108 valence electrons. The van der Waals surface area contributed by atoms with E-state index in [-0.39, 0.29) is 0 Å². The average Bonchev–Trinajstić information content (AvgIpc) is 2.83. The maximum atomic E-state index is 11.3. The monoisotopic (exact) mass is 293 g/mol.